The van der Waals surface area contributed by atoms with E-state index in [9.17, 15) is 13.2 Å². The van der Waals surface area contributed by atoms with E-state index in [0.29, 0.717) is 23.8 Å². The lowest BCUT2D eigenvalue weighted by molar-refractivity contribution is -0.117. The van der Waals surface area contributed by atoms with Gasteiger partial charge in [0.2, 0.25) is 15.9 Å². The minimum absolute atomic E-state index is 0.0445. The molecule has 11 heteroatoms. The maximum absolute atomic E-state index is 13.2. The third kappa shape index (κ3) is 5.69. The molecule has 1 N–H and O–H groups in total. The first-order chi connectivity index (χ1) is 18.2. The van der Waals surface area contributed by atoms with E-state index in [1.54, 1.807) is 23.5 Å². The Bertz CT molecular complexity index is 1580. The number of halogens is 1. The molecular weight excluding hydrogens is 544 g/mol. The van der Waals surface area contributed by atoms with Crippen molar-refractivity contribution in [2.75, 3.05) is 45.2 Å². The SMILES string of the molecule is COc1ccc(Cl)cc1S(=O)(=O)N1CCN(CC(=O)Nc2ccc(-c3nc4ccc(C)cc4s3)cc2)CC1. The molecule has 0 aliphatic carbocycles. The number of aromatic nitrogens is 1. The molecule has 5 rings (SSSR count). The lowest BCUT2D eigenvalue weighted by Crippen LogP contribution is -2.50. The summed E-state index contributed by atoms with van der Waals surface area (Å²) in [7, 11) is -2.35. The molecule has 0 atom stereocenters. The van der Waals surface area contributed by atoms with E-state index in [4.69, 9.17) is 21.3 Å². The van der Waals surface area contributed by atoms with Gasteiger partial charge in [-0.05, 0) is 67.1 Å². The highest BCUT2D eigenvalue weighted by Gasteiger charge is 2.31. The van der Waals surface area contributed by atoms with Gasteiger partial charge >= 0.3 is 0 Å². The van der Waals surface area contributed by atoms with Crippen LogP contribution in [0.25, 0.3) is 20.8 Å². The highest BCUT2D eigenvalue weighted by molar-refractivity contribution is 7.89. The summed E-state index contributed by atoms with van der Waals surface area (Å²) in [5.41, 5.74) is 3.88. The van der Waals surface area contributed by atoms with E-state index in [2.05, 4.69) is 24.4 Å². The third-order valence-corrected chi connectivity index (χ3v) is 9.62. The lowest BCUT2D eigenvalue weighted by Gasteiger charge is -2.33. The Labute approximate surface area is 230 Å². The molecular formula is C27H27ClN4O4S2. The molecule has 0 radical (unpaired) electrons. The number of amides is 1. The van der Waals surface area contributed by atoms with Crippen molar-refractivity contribution in [3.63, 3.8) is 0 Å². The molecule has 1 aliphatic rings. The van der Waals surface area contributed by atoms with Crippen molar-refractivity contribution in [2.45, 2.75) is 11.8 Å². The Balaban J connectivity index is 1.16. The predicted molar refractivity (Wildman–Crippen MR) is 152 cm³/mol. The van der Waals surface area contributed by atoms with Crippen LogP contribution < -0.4 is 10.1 Å². The van der Waals surface area contributed by atoms with Crippen molar-refractivity contribution in [3.05, 3.63) is 71.2 Å². The Kier molecular flexibility index (Phi) is 7.69. The molecule has 1 fully saturated rings. The number of carbonyl (C=O) groups is 1. The van der Waals surface area contributed by atoms with Crippen LogP contribution in [0, 0.1) is 6.92 Å². The highest BCUT2D eigenvalue weighted by atomic mass is 35.5. The van der Waals surface area contributed by atoms with Crippen molar-refractivity contribution in [1.82, 2.24) is 14.2 Å². The molecule has 2 heterocycles. The predicted octanol–water partition coefficient (Wildman–Crippen LogP) is 4.88. The summed E-state index contributed by atoms with van der Waals surface area (Å²) < 4.78 is 34.1. The fraction of sp³-hybridized carbons (Fsp3) is 0.259. The summed E-state index contributed by atoms with van der Waals surface area (Å²) in [6, 6.07) is 18.4. The summed E-state index contributed by atoms with van der Waals surface area (Å²) >= 11 is 7.68. The zero-order valence-electron chi connectivity index (χ0n) is 21.0. The molecule has 38 heavy (non-hydrogen) atoms. The number of hydrogen-bond donors (Lipinski definition) is 1. The van der Waals surface area contributed by atoms with Gasteiger partial charge in [0.1, 0.15) is 15.7 Å². The van der Waals surface area contributed by atoms with E-state index in [-0.39, 0.29) is 36.2 Å². The summed E-state index contributed by atoms with van der Waals surface area (Å²) in [6.07, 6.45) is 0. The summed E-state index contributed by atoms with van der Waals surface area (Å²) in [5.74, 6) is 0.0986. The standard InChI is InChI=1S/C27H27ClN4O4S2/c1-18-3-9-22-24(15-18)37-27(30-22)19-4-7-21(8-5-19)29-26(33)17-31-11-13-32(14-12-31)38(34,35)25-16-20(28)6-10-23(25)36-2/h3-10,15-16H,11-14,17H2,1-2H3,(H,29,33). The fourth-order valence-corrected chi connectivity index (χ4v) is 7.28. The molecule has 198 valence electrons. The first kappa shape index (κ1) is 26.6. The molecule has 0 unspecified atom stereocenters. The fourth-order valence-electron chi connectivity index (χ4n) is 4.37. The molecule has 4 aromatic rings. The molecule has 0 saturated carbocycles. The van der Waals surface area contributed by atoms with Gasteiger partial charge in [-0.25, -0.2) is 13.4 Å². The van der Waals surface area contributed by atoms with Crippen LogP contribution in [0.4, 0.5) is 5.69 Å². The van der Waals surface area contributed by atoms with Gasteiger partial charge in [0.05, 0.1) is 23.9 Å². The van der Waals surface area contributed by atoms with E-state index in [0.717, 1.165) is 20.8 Å². The van der Waals surface area contributed by atoms with Gasteiger partial charge in [0.15, 0.2) is 0 Å². The Morgan fingerprint density at radius 2 is 1.79 bits per heavy atom. The number of rotatable bonds is 7. The van der Waals surface area contributed by atoms with Gasteiger partial charge in [0, 0.05) is 42.5 Å². The van der Waals surface area contributed by atoms with Gasteiger partial charge in [-0.1, -0.05) is 17.7 Å². The largest absolute Gasteiger partial charge is 0.495 e. The number of methoxy groups -OCH3 is 1. The van der Waals surface area contributed by atoms with Gasteiger partial charge in [-0.15, -0.1) is 11.3 Å². The number of nitrogens with one attached hydrogen (secondary N) is 1. The quantitative estimate of drug-likeness (QED) is 0.340. The smallest absolute Gasteiger partial charge is 0.246 e. The average Bonchev–Trinajstić information content (AvgIpc) is 3.32. The summed E-state index contributed by atoms with van der Waals surface area (Å²) in [6.45, 7) is 3.64. The minimum Gasteiger partial charge on any atom is -0.495 e. The van der Waals surface area contributed by atoms with E-state index in [1.807, 2.05) is 35.2 Å². The highest BCUT2D eigenvalue weighted by Crippen LogP contribution is 2.32. The lowest BCUT2D eigenvalue weighted by atomic mass is 10.2. The minimum atomic E-state index is -3.77. The number of ether oxygens (including phenoxy) is 1. The Hall–Kier alpha value is -3.02. The molecule has 0 bridgehead atoms. The van der Waals surface area contributed by atoms with Crippen LogP contribution >= 0.6 is 22.9 Å². The van der Waals surface area contributed by atoms with Crippen LogP contribution in [-0.4, -0.2) is 68.3 Å². The van der Waals surface area contributed by atoms with Crippen molar-refractivity contribution in [2.24, 2.45) is 0 Å². The molecule has 1 aliphatic heterocycles. The number of anilines is 1. The van der Waals surface area contributed by atoms with Gasteiger partial charge < -0.3 is 10.1 Å². The number of sulfonamides is 1. The number of nitrogens with zero attached hydrogens (tertiary/aromatic N) is 3. The molecule has 1 amide bonds. The molecule has 8 nitrogen and oxygen atoms in total. The van der Waals surface area contributed by atoms with Crippen molar-refractivity contribution in [3.8, 4) is 16.3 Å². The zero-order chi connectivity index (χ0) is 26.9. The topological polar surface area (TPSA) is 91.8 Å². The molecule has 3 aromatic carbocycles. The monoisotopic (exact) mass is 570 g/mol. The Morgan fingerprint density at radius 1 is 1.05 bits per heavy atom. The number of hydrogen-bond acceptors (Lipinski definition) is 7. The summed E-state index contributed by atoms with van der Waals surface area (Å²) in [4.78, 5) is 19.4. The second-order valence-corrected chi connectivity index (χ2v) is 12.5. The van der Waals surface area contributed by atoms with E-state index < -0.39 is 10.0 Å². The molecule has 0 spiro atoms. The average molecular weight is 571 g/mol. The van der Waals surface area contributed by atoms with Crippen molar-refractivity contribution < 1.29 is 17.9 Å². The molecule has 1 aromatic heterocycles. The number of benzene rings is 3. The number of fused-ring (bicyclic) bond motifs is 1. The maximum atomic E-state index is 13.2. The van der Waals surface area contributed by atoms with Crippen LogP contribution in [0.1, 0.15) is 5.56 Å². The van der Waals surface area contributed by atoms with Crippen LogP contribution in [-0.2, 0) is 14.8 Å². The maximum Gasteiger partial charge on any atom is 0.246 e. The van der Waals surface area contributed by atoms with Gasteiger partial charge in [-0.3, -0.25) is 9.69 Å². The zero-order valence-corrected chi connectivity index (χ0v) is 23.4. The number of carbonyl (C=O) groups excluding carboxylic acids is 1. The van der Waals surface area contributed by atoms with Crippen LogP contribution in [0.3, 0.4) is 0 Å². The van der Waals surface area contributed by atoms with Crippen LogP contribution in [0.15, 0.2) is 65.6 Å². The first-order valence-electron chi connectivity index (χ1n) is 12.1. The van der Waals surface area contributed by atoms with Gasteiger partial charge in [0.25, 0.3) is 0 Å². The van der Waals surface area contributed by atoms with Crippen molar-refractivity contribution >= 4 is 54.8 Å². The second-order valence-electron chi connectivity index (χ2n) is 9.09. The van der Waals surface area contributed by atoms with Crippen LogP contribution in [0.5, 0.6) is 5.75 Å². The normalized spacial score (nSPS) is 15.0. The van der Waals surface area contributed by atoms with Gasteiger partial charge in [-0.2, -0.15) is 4.31 Å². The Morgan fingerprint density at radius 3 is 2.50 bits per heavy atom. The summed E-state index contributed by atoms with van der Waals surface area (Å²) in [5, 5.41) is 4.19. The third-order valence-electron chi connectivity index (χ3n) is 6.40. The number of thiazole rings is 1. The number of aryl methyl sites for hydroxylation is 1. The first-order valence-corrected chi connectivity index (χ1v) is 14.7. The van der Waals surface area contributed by atoms with Crippen molar-refractivity contribution in [1.29, 1.82) is 0 Å². The van der Waals surface area contributed by atoms with Crippen LogP contribution in [0.2, 0.25) is 5.02 Å². The second kappa shape index (κ2) is 11.0. The molecule has 1 saturated heterocycles. The number of piperazine rings is 1. The van der Waals surface area contributed by atoms with E-state index in [1.165, 1.54) is 23.0 Å². The van der Waals surface area contributed by atoms with E-state index >= 15 is 0 Å².